The maximum Gasteiger partial charge on any atom is 0.123 e. The van der Waals surface area contributed by atoms with Crippen LogP contribution in [0.15, 0.2) is 24.3 Å². The van der Waals surface area contributed by atoms with Gasteiger partial charge in [0.15, 0.2) is 0 Å². The second-order valence-electron chi connectivity index (χ2n) is 3.95. The summed E-state index contributed by atoms with van der Waals surface area (Å²) in [7, 11) is 0. The highest BCUT2D eigenvalue weighted by Gasteiger charge is 2.06. The molecule has 1 aromatic heterocycles. The van der Waals surface area contributed by atoms with Crippen molar-refractivity contribution >= 4 is 11.3 Å². The SMILES string of the molecule is Cc1nc(CCc2ccc(F)cc2)sc1CN. The first-order valence-corrected chi connectivity index (χ1v) is 6.40. The van der Waals surface area contributed by atoms with Gasteiger partial charge in [0.05, 0.1) is 10.7 Å². The fourth-order valence-electron chi connectivity index (χ4n) is 1.69. The molecule has 17 heavy (non-hydrogen) atoms. The molecule has 0 saturated carbocycles. The molecule has 2 nitrogen and oxygen atoms in total. The van der Waals surface area contributed by atoms with Crippen LogP contribution in [0.1, 0.15) is 21.1 Å². The van der Waals surface area contributed by atoms with E-state index in [1.807, 2.05) is 19.1 Å². The van der Waals surface area contributed by atoms with Crippen molar-refractivity contribution in [3.05, 3.63) is 51.2 Å². The topological polar surface area (TPSA) is 38.9 Å². The number of hydrogen-bond donors (Lipinski definition) is 1. The Hall–Kier alpha value is -1.26. The van der Waals surface area contributed by atoms with Gasteiger partial charge in [0.2, 0.25) is 0 Å². The van der Waals surface area contributed by atoms with Crippen LogP contribution in [0.2, 0.25) is 0 Å². The summed E-state index contributed by atoms with van der Waals surface area (Å²) in [5.41, 5.74) is 7.78. The van der Waals surface area contributed by atoms with Crippen LogP contribution in [0.25, 0.3) is 0 Å². The Morgan fingerprint density at radius 1 is 1.24 bits per heavy atom. The predicted molar refractivity (Wildman–Crippen MR) is 68.6 cm³/mol. The molecule has 0 fully saturated rings. The van der Waals surface area contributed by atoms with Crippen molar-refractivity contribution < 1.29 is 4.39 Å². The zero-order valence-corrected chi connectivity index (χ0v) is 10.6. The van der Waals surface area contributed by atoms with Gasteiger partial charge in [-0.15, -0.1) is 11.3 Å². The number of nitrogens with two attached hydrogens (primary N) is 1. The minimum absolute atomic E-state index is 0.190. The molecule has 2 rings (SSSR count). The van der Waals surface area contributed by atoms with Gasteiger partial charge in [-0.3, -0.25) is 0 Å². The molecule has 2 N–H and O–H groups in total. The Balaban J connectivity index is 1.99. The van der Waals surface area contributed by atoms with Crippen LogP contribution in [0.4, 0.5) is 4.39 Å². The molecule has 0 bridgehead atoms. The molecular formula is C13H15FN2S. The second kappa shape index (κ2) is 5.38. The van der Waals surface area contributed by atoms with Crippen molar-refractivity contribution in [1.29, 1.82) is 0 Å². The lowest BCUT2D eigenvalue weighted by Gasteiger charge is -1.98. The summed E-state index contributed by atoms with van der Waals surface area (Å²) in [6, 6.07) is 6.63. The number of nitrogens with zero attached hydrogens (tertiary/aromatic N) is 1. The molecule has 0 spiro atoms. The van der Waals surface area contributed by atoms with E-state index in [9.17, 15) is 4.39 Å². The van der Waals surface area contributed by atoms with Crippen LogP contribution in [0.3, 0.4) is 0 Å². The monoisotopic (exact) mass is 250 g/mol. The molecule has 0 radical (unpaired) electrons. The lowest BCUT2D eigenvalue weighted by molar-refractivity contribution is 0.627. The summed E-state index contributed by atoms with van der Waals surface area (Å²) in [6.07, 6.45) is 1.77. The molecule has 4 heteroatoms. The van der Waals surface area contributed by atoms with Crippen LogP contribution < -0.4 is 5.73 Å². The van der Waals surface area contributed by atoms with E-state index in [0.29, 0.717) is 6.54 Å². The summed E-state index contributed by atoms with van der Waals surface area (Å²) < 4.78 is 12.7. The van der Waals surface area contributed by atoms with Crippen LogP contribution in [-0.2, 0) is 19.4 Å². The third-order valence-electron chi connectivity index (χ3n) is 2.66. The van der Waals surface area contributed by atoms with Crippen molar-refractivity contribution in [2.45, 2.75) is 26.3 Å². The molecule has 1 aromatic carbocycles. The molecule has 0 aliphatic rings. The zero-order chi connectivity index (χ0) is 12.3. The van der Waals surface area contributed by atoms with E-state index in [4.69, 9.17) is 5.73 Å². The van der Waals surface area contributed by atoms with Crippen molar-refractivity contribution in [3.63, 3.8) is 0 Å². The number of aryl methyl sites for hydroxylation is 3. The lowest BCUT2D eigenvalue weighted by Crippen LogP contribution is -1.94. The van der Waals surface area contributed by atoms with Crippen LogP contribution >= 0.6 is 11.3 Å². The van der Waals surface area contributed by atoms with Gasteiger partial charge in [-0.05, 0) is 31.0 Å². The van der Waals surface area contributed by atoms with Gasteiger partial charge >= 0.3 is 0 Å². The average molecular weight is 250 g/mol. The van der Waals surface area contributed by atoms with E-state index < -0.39 is 0 Å². The van der Waals surface area contributed by atoms with Gasteiger partial charge in [0, 0.05) is 17.8 Å². The van der Waals surface area contributed by atoms with Crippen LogP contribution in [-0.4, -0.2) is 4.98 Å². The van der Waals surface area contributed by atoms with Crippen molar-refractivity contribution in [3.8, 4) is 0 Å². The predicted octanol–water partition coefficient (Wildman–Crippen LogP) is 2.83. The summed E-state index contributed by atoms with van der Waals surface area (Å²) in [5.74, 6) is -0.190. The third-order valence-corrected chi connectivity index (χ3v) is 3.90. The maximum absolute atomic E-state index is 12.7. The second-order valence-corrected chi connectivity index (χ2v) is 5.11. The van der Waals surface area contributed by atoms with E-state index in [0.717, 1.165) is 34.0 Å². The lowest BCUT2D eigenvalue weighted by atomic mass is 10.1. The molecule has 0 aliphatic heterocycles. The number of rotatable bonds is 4. The molecule has 0 aliphatic carbocycles. The van der Waals surface area contributed by atoms with Crippen LogP contribution in [0, 0.1) is 12.7 Å². The van der Waals surface area contributed by atoms with E-state index in [2.05, 4.69) is 4.98 Å². The van der Waals surface area contributed by atoms with Gasteiger partial charge in [0.1, 0.15) is 5.82 Å². The number of benzene rings is 1. The fraction of sp³-hybridized carbons (Fsp3) is 0.308. The van der Waals surface area contributed by atoms with Crippen LogP contribution in [0.5, 0.6) is 0 Å². The quantitative estimate of drug-likeness (QED) is 0.906. The minimum Gasteiger partial charge on any atom is -0.326 e. The van der Waals surface area contributed by atoms with Crippen molar-refractivity contribution in [2.75, 3.05) is 0 Å². The summed E-state index contributed by atoms with van der Waals surface area (Å²) in [6.45, 7) is 2.54. The van der Waals surface area contributed by atoms with Gasteiger partial charge in [-0.25, -0.2) is 9.37 Å². The number of aromatic nitrogens is 1. The molecule has 90 valence electrons. The number of thiazole rings is 1. The summed E-state index contributed by atoms with van der Waals surface area (Å²) in [4.78, 5) is 5.63. The Morgan fingerprint density at radius 3 is 2.53 bits per heavy atom. The maximum atomic E-state index is 12.7. The zero-order valence-electron chi connectivity index (χ0n) is 9.74. The smallest absolute Gasteiger partial charge is 0.123 e. The van der Waals surface area contributed by atoms with E-state index in [-0.39, 0.29) is 5.82 Å². The molecule has 1 heterocycles. The Bertz CT molecular complexity index is 491. The number of hydrogen-bond acceptors (Lipinski definition) is 3. The largest absolute Gasteiger partial charge is 0.326 e. The molecule has 2 aromatic rings. The van der Waals surface area contributed by atoms with E-state index in [1.165, 1.54) is 12.1 Å². The Morgan fingerprint density at radius 2 is 1.94 bits per heavy atom. The fourth-order valence-corrected chi connectivity index (χ4v) is 2.63. The molecular weight excluding hydrogens is 235 g/mol. The highest BCUT2D eigenvalue weighted by molar-refractivity contribution is 7.11. The van der Waals surface area contributed by atoms with Gasteiger partial charge < -0.3 is 5.73 Å². The van der Waals surface area contributed by atoms with Crippen molar-refractivity contribution in [2.24, 2.45) is 5.73 Å². The average Bonchev–Trinajstić information content (AvgIpc) is 2.69. The Kier molecular flexibility index (Phi) is 3.86. The highest BCUT2D eigenvalue weighted by Crippen LogP contribution is 2.19. The third kappa shape index (κ3) is 3.11. The molecule has 0 atom stereocenters. The molecule has 0 amide bonds. The standard InChI is InChI=1S/C13H15FN2S/c1-9-12(8-15)17-13(16-9)7-4-10-2-5-11(14)6-3-10/h2-3,5-6H,4,7-8,15H2,1H3. The van der Waals surface area contributed by atoms with E-state index in [1.54, 1.807) is 11.3 Å². The van der Waals surface area contributed by atoms with Gasteiger partial charge in [0.25, 0.3) is 0 Å². The summed E-state index contributed by atoms with van der Waals surface area (Å²) in [5, 5.41) is 1.10. The Labute approximate surface area is 104 Å². The molecule has 0 unspecified atom stereocenters. The minimum atomic E-state index is -0.190. The first-order valence-electron chi connectivity index (χ1n) is 5.58. The van der Waals surface area contributed by atoms with Gasteiger partial charge in [-0.2, -0.15) is 0 Å². The van der Waals surface area contributed by atoms with Crippen molar-refractivity contribution in [1.82, 2.24) is 4.98 Å². The molecule has 0 saturated heterocycles. The number of halogens is 1. The summed E-state index contributed by atoms with van der Waals surface area (Å²) >= 11 is 1.67. The first kappa shape index (κ1) is 12.2. The van der Waals surface area contributed by atoms with Gasteiger partial charge in [-0.1, -0.05) is 12.1 Å². The normalized spacial score (nSPS) is 10.8. The highest BCUT2D eigenvalue weighted by atomic mass is 32.1. The van der Waals surface area contributed by atoms with E-state index >= 15 is 0 Å². The first-order chi connectivity index (χ1) is 8.19.